The molecule has 1 aromatic carbocycles. The van der Waals surface area contributed by atoms with Gasteiger partial charge < -0.3 is 22.1 Å². The Bertz CT molecular complexity index is 1120. The topological polar surface area (TPSA) is 137 Å². The lowest BCUT2D eigenvalue weighted by Gasteiger charge is -2.36. The first-order valence-corrected chi connectivity index (χ1v) is 9.88. The molecule has 1 fully saturated rings. The SMILES string of the molecule is NC(=O)c1cc(F)c(N[C@@H]2CCCC(F)(F)C2N)nc1Nc1cccc(-n2nccn2)c1. The average molecular weight is 446 g/mol. The molecule has 0 spiro atoms. The van der Waals surface area contributed by atoms with E-state index in [0.717, 1.165) is 6.07 Å². The third-order valence-corrected chi connectivity index (χ3v) is 5.27. The lowest BCUT2D eigenvalue weighted by Crippen LogP contribution is -2.55. The highest BCUT2D eigenvalue weighted by Gasteiger charge is 2.45. The number of nitrogens with one attached hydrogen (secondary N) is 2. The van der Waals surface area contributed by atoms with E-state index in [1.54, 1.807) is 24.3 Å². The predicted octanol–water partition coefficient (Wildman–Crippen LogP) is 2.57. The molecule has 1 saturated carbocycles. The van der Waals surface area contributed by atoms with E-state index < -0.39 is 29.7 Å². The van der Waals surface area contributed by atoms with Gasteiger partial charge in [-0.2, -0.15) is 15.0 Å². The fourth-order valence-corrected chi connectivity index (χ4v) is 3.60. The van der Waals surface area contributed by atoms with Gasteiger partial charge >= 0.3 is 0 Å². The number of nitrogens with two attached hydrogens (primary N) is 2. The molecule has 6 N–H and O–H groups in total. The van der Waals surface area contributed by atoms with Gasteiger partial charge in [-0.25, -0.2) is 18.2 Å². The number of anilines is 3. The molecule has 0 bridgehead atoms. The van der Waals surface area contributed by atoms with Crippen molar-refractivity contribution in [3.63, 3.8) is 0 Å². The number of hydrogen-bond donors (Lipinski definition) is 4. The lowest BCUT2D eigenvalue weighted by molar-refractivity contribution is -0.0555. The molecule has 168 valence electrons. The molecule has 2 aromatic heterocycles. The molecule has 1 amide bonds. The maximum absolute atomic E-state index is 14.6. The van der Waals surface area contributed by atoms with E-state index in [1.165, 1.54) is 17.2 Å². The van der Waals surface area contributed by atoms with E-state index in [0.29, 0.717) is 17.8 Å². The molecular formula is C20H21F3N8O. The third-order valence-electron chi connectivity index (χ3n) is 5.27. The van der Waals surface area contributed by atoms with Crippen molar-refractivity contribution in [2.45, 2.75) is 37.3 Å². The largest absolute Gasteiger partial charge is 0.365 e. The molecule has 4 rings (SSSR count). The fourth-order valence-electron chi connectivity index (χ4n) is 3.60. The normalized spacial score (nSPS) is 20.0. The lowest BCUT2D eigenvalue weighted by atomic mass is 9.87. The Hall–Kier alpha value is -3.67. The molecule has 0 saturated heterocycles. The maximum Gasteiger partial charge on any atom is 0.264 e. The summed E-state index contributed by atoms with van der Waals surface area (Å²) in [4.78, 5) is 17.4. The van der Waals surface area contributed by atoms with Crippen LogP contribution in [-0.2, 0) is 0 Å². The smallest absolute Gasteiger partial charge is 0.264 e. The maximum atomic E-state index is 14.6. The minimum absolute atomic E-state index is 0.0388. The molecule has 3 aromatic rings. The summed E-state index contributed by atoms with van der Waals surface area (Å²) < 4.78 is 42.6. The average Bonchev–Trinajstić information content (AvgIpc) is 3.28. The number of primary amides is 1. The molecule has 9 nitrogen and oxygen atoms in total. The van der Waals surface area contributed by atoms with Crippen molar-refractivity contribution < 1.29 is 18.0 Å². The number of nitrogens with zero attached hydrogens (tertiary/aromatic N) is 4. The van der Waals surface area contributed by atoms with E-state index >= 15 is 0 Å². The number of benzene rings is 1. The highest BCUT2D eigenvalue weighted by Crippen LogP contribution is 2.34. The number of alkyl halides is 2. The predicted molar refractivity (Wildman–Crippen MR) is 112 cm³/mol. The number of carbonyl (C=O) groups is 1. The number of hydrogen-bond acceptors (Lipinski definition) is 7. The number of pyridine rings is 1. The molecular weight excluding hydrogens is 425 g/mol. The Labute approximate surface area is 181 Å². The van der Waals surface area contributed by atoms with Crippen LogP contribution >= 0.6 is 0 Å². The van der Waals surface area contributed by atoms with Gasteiger partial charge in [0.15, 0.2) is 11.6 Å². The van der Waals surface area contributed by atoms with Crippen molar-refractivity contribution in [3.8, 4) is 5.69 Å². The van der Waals surface area contributed by atoms with Crippen molar-refractivity contribution in [1.29, 1.82) is 0 Å². The molecule has 0 radical (unpaired) electrons. The number of aromatic nitrogens is 4. The van der Waals surface area contributed by atoms with Crippen LogP contribution in [0.5, 0.6) is 0 Å². The second kappa shape index (κ2) is 8.46. The summed E-state index contributed by atoms with van der Waals surface area (Å²) in [6, 6.07) is 5.37. The van der Waals surface area contributed by atoms with Gasteiger partial charge in [0.05, 0.1) is 29.7 Å². The minimum Gasteiger partial charge on any atom is -0.365 e. The first-order valence-electron chi connectivity index (χ1n) is 9.88. The Kier molecular flexibility index (Phi) is 5.70. The summed E-state index contributed by atoms with van der Waals surface area (Å²) >= 11 is 0. The number of amides is 1. The van der Waals surface area contributed by atoms with Gasteiger partial charge in [-0.05, 0) is 37.1 Å². The van der Waals surface area contributed by atoms with Crippen LogP contribution in [-0.4, -0.2) is 43.9 Å². The first kappa shape index (κ1) is 21.6. The number of rotatable bonds is 6. The fraction of sp³-hybridized carbons (Fsp3) is 0.300. The molecule has 1 unspecified atom stereocenters. The summed E-state index contributed by atoms with van der Waals surface area (Å²) in [6.07, 6.45) is 3.28. The van der Waals surface area contributed by atoms with Gasteiger partial charge in [0.2, 0.25) is 0 Å². The molecule has 2 atom stereocenters. The van der Waals surface area contributed by atoms with Crippen molar-refractivity contribution >= 4 is 23.2 Å². The summed E-state index contributed by atoms with van der Waals surface area (Å²) in [5, 5.41) is 13.7. The van der Waals surface area contributed by atoms with E-state index in [-0.39, 0.29) is 30.0 Å². The van der Waals surface area contributed by atoms with Crippen LogP contribution in [0.1, 0.15) is 29.6 Å². The molecule has 0 aliphatic heterocycles. The zero-order valence-electron chi connectivity index (χ0n) is 16.8. The van der Waals surface area contributed by atoms with Crippen LogP contribution in [0, 0.1) is 5.82 Å². The first-order chi connectivity index (χ1) is 15.2. The van der Waals surface area contributed by atoms with Crippen molar-refractivity contribution in [2.75, 3.05) is 10.6 Å². The highest BCUT2D eigenvalue weighted by molar-refractivity contribution is 5.98. The van der Waals surface area contributed by atoms with Gasteiger partial charge in [0, 0.05) is 18.2 Å². The van der Waals surface area contributed by atoms with Crippen molar-refractivity contribution in [2.24, 2.45) is 11.5 Å². The van der Waals surface area contributed by atoms with Crippen LogP contribution < -0.4 is 22.1 Å². The molecule has 32 heavy (non-hydrogen) atoms. The van der Waals surface area contributed by atoms with Crippen LogP contribution in [0.3, 0.4) is 0 Å². The molecule has 2 heterocycles. The quantitative estimate of drug-likeness (QED) is 0.457. The Morgan fingerprint density at radius 3 is 2.66 bits per heavy atom. The van der Waals surface area contributed by atoms with E-state index in [2.05, 4.69) is 25.8 Å². The van der Waals surface area contributed by atoms with Crippen LogP contribution in [0.2, 0.25) is 0 Å². The summed E-state index contributed by atoms with van der Waals surface area (Å²) in [7, 11) is 0. The second-order valence-corrected chi connectivity index (χ2v) is 7.50. The third kappa shape index (κ3) is 4.35. The highest BCUT2D eigenvalue weighted by atomic mass is 19.3. The molecule has 1 aliphatic carbocycles. The van der Waals surface area contributed by atoms with Gasteiger partial charge in [-0.3, -0.25) is 4.79 Å². The monoisotopic (exact) mass is 446 g/mol. The molecule has 1 aliphatic rings. The Morgan fingerprint density at radius 2 is 1.94 bits per heavy atom. The van der Waals surface area contributed by atoms with Gasteiger partial charge in [0.25, 0.3) is 11.8 Å². The van der Waals surface area contributed by atoms with Crippen LogP contribution in [0.15, 0.2) is 42.7 Å². The summed E-state index contributed by atoms with van der Waals surface area (Å²) in [5.41, 5.74) is 12.0. The second-order valence-electron chi connectivity index (χ2n) is 7.50. The summed E-state index contributed by atoms with van der Waals surface area (Å²) in [6.45, 7) is 0. The Balaban J connectivity index is 1.64. The summed E-state index contributed by atoms with van der Waals surface area (Å²) in [5.74, 6) is -5.22. The Morgan fingerprint density at radius 1 is 1.19 bits per heavy atom. The van der Waals surface area contributed by atoms with Gasteiger partial charge in [-0.1, -0.05) is 6.07 Å². The minimum atomic E-state index is -3.07. The van der Waals surface area contributed by atoms with Crippen molar-refractivity contribution in [3.05, 3.63) is 54.1 Å². The number of halogens is 3. The standard InChI is InChI=1S/C20H21F3N8O/c21-14-10-13(17(25)32)18(28-11-3-1-4-12(9-11)31-26-7-8-27-31)30-19(14)29-15-5-2-6-20(22,23)16(15)24/h1,3-4,7-10,15-16H,2,5-6,24H2,(H2,25,32)(H2,28,29,30)/t15-,16?/m1/s1. The zero-order valence-corrected chi connectivity index (χ0v) is 16.8. The van der Waals surface area contributed by atoms with E-state index in [4.69, 9.17) is 11.5 Å². The van der Waals surface area contributed by atoms with Crippen LogP contribution in [0.25, 0.3) is 5.69 Å². The molecule has 12 heteroatoms. The number of carbonyl (C=O) groups excluding carboxylic acids is 1. The van der Waals surface area contributed by atoms with E-state index in [1.807, 2.05) is 0 Å². The van der Waals surface area contributed by atoms with Gasteiger partial charge in [0.1, 0.15) is 5.82 Å². The van der Waals surface area contributed by atoms with Crippen molar-refractivity contribution in [1.82, 2.24) is 20.0 Å². The van der Waals surface area contributed by atoms with E-state index in [9.17, 15) is 18.0 Å². The zero-order chi connectivity index (χ0) is 22.9. The van der Waals surface area contributed by atoms with Crippen LogP contribution in [0.4, 0.5) is 30.5 Å². The van der Waals surface area contributed by atoms with Gasteiger partial charge in [-0.15, -0.1) is 0 Å².